The molecule has 0 radical (unpaired) electrons. The third kappa shape index (κ3) is 0.998. The molecule has 0 aromatic heterocycles. The smallest absolute Gasteiger partial charge is 0.128 e. The second-order valence-corrected chi connectivity index (χ2v) is 3.68. The maximum Gasteiger partial charge on any atom is 0.128 e. The summed E-state index contributed by atoms with van der Waals surface area (Å²) in [6.45, 7) is 0. The molecule has 0 fully saturated rings. The van der Waals surface area contributed by atoms with E-state index in [1.807, 2.05) is 0 Å². The van der Waals surface area contributed by atoms with Gasteiger partial charge in [-0.1, -0.05) is 24.3 Å². The van der Waals surface area contributed by atoms with Gasteiger partial charge in [-0.05, 0) is 24.5 Å². The normalized spacial score (nSPS) is 29.5. The standard InChI is InChI=1S/C12H12O/c1-3-7-11-9(5-1)10-6-2-4-8-12(10)13-11/h1,3-5,8,11H,2,6-7H2/t11-/m0/s1. The predicted octanol–water partition coefficient (Wildman–Crippen LogP) is 2.88. The third-order valence-electron chi connectivity index (χ3n) is 2.85. The van der Waals surface area contributed by atoms with Crippen LogP contribution in [0, 0.1) is 0 Å². The fourth-order valence-electron chi connectivity index (χ4n) is 2.21. The van der Waals surface area contributed by atoms with Crippen LogP contribution in [0.15, 0.2) is 47.3 Å². The van der Waals surface area contributed by atoms with Crippen LogP contribution in [0.1, 0.15) is 19.3 Å². The Morgan fingerprint density at radius 3 is 3.31 bits per heavy atom. The van der Waals surface area contributed by atoms with Crippen LogP contribution in [-0.4, -0.2) is 6.10 Å². The van der Waals surface area contributed by atoms with Crippen molar-refractivity contribution in [1.29, 1.82) is 0 Å². The fraction of sp³-hybridized carbons (Fsp3) is 0.333. The molecule has 0 aromatic carbocycles. The van der Waals surface area contributed by atoms with E-state index in [1.54, 1.807) is 0 Å². The summed E-state index contributed by atoms with van der Waals surface area (Å²) in [4.78, 5) is 0. The van der Waals surface area contributed by atoms with Gasteiger partial charge in [0.2, 0.25) is 0 Å². The maximum atomic E-state index is 5.84. The predicted molar refractivity (Wildman–Crippen MR) is 52.1 cm³/mol. The summed E-state index contributed by atoms with van der Waals surface area (Å²) in [7, 11) is 0. The molecular formula is C12H12O. The lowest BCUT2D eigenvalue weighted by Gasteiger charge is -2.13. The van der Waals surface area contributed by atoms with Crippen molar-refractivity contribution in [2.45, 2.75) is 25.4 Å². The molecule has 0 unspecified atom stereocenters. The van der Waals surface area contributed by atoms with E-state index >= 15 is 0 Å². The SMILES string of the molecule is C1=CC[C@@H]2OC3=C(CCC=C3)C2=C1. The molecule has 1 atom stereocenters. The largest absolute Gasteiger partial charge is 0.485 e. The molecular weight excluding hydrogens is 160 g/mol. The molecule has 0 N–H and O–H groups in total. The van der Waals surface area contributed by atoms with Gasteiger partial charge in [-0.2, -0.15) is 0 Å². The molecule has 0 saturated carbocycles. The van der Waals surface area contributed by atoms with Crippen LogP contribution in [0.3, 0.4) is 0 Å². The van der Waals surface area contributed by atoms with Gasteiger partial charge in [0.05, 0.1) is 0 Å². The van der Waals surface area contributed by atoms with E-state index < -0.39 is 0 Å². The zero-order valence-electron chi connectivity index (χ0n) is 7.49. The molecule has 3 rings (SSSR count). The topological polar surface area (TPSA) is 9.23 Å². The van der Waals surface area contributed by atoms with Crippen molar-refractivity contribution in [2.24, 2.45) is 0 Å². The summed E-state index contributed by atoms with van der Waals surface area (Å²) in [5, 5.41) is 0. The number of allylic oxidation sites excluding steroid dienone is 4. The first-order valence-corrected chi connectivity index (χ1v) is 4.88. The number of hydrogen-bond donors (Lipinski definition) is 0. The maximum absolute atomic E-state index is 5.84. The van der Waals surface area contributed by atoms with Gasteiger partial charge in [0.15, 0.2) is 0 Å². The Labute approximate surface area is 78.1 Å². The molecule has 1 aliphatic heterocycles. The summed E-state index contributed by atoms with van der Waals surface area (Å²) in [6, 6.07) is 0. The average Bonchev–Trinajstić information content (AvgIpc) is 2.56. The van der Waals surface area contributed by atoms with Crippen molar-refractivity contribution < 1.29 is 4.74 Å². The van der Waals surface area contributed by atoms with Gasteiger partial charge in [0, 0.05) is 12.0 Å². The molecule has 1 nitrogen and oxygen atoms in total. The van der Waals surface area contributed by atoms with Gasteiger partial charge in [-0.25, -0.2) is 0 Å². The lowest BCUT2D eigenvalue weighted by molar-refractivity contribution is 0.177. The van der Waals surface area contributed by atoms with Crippen LogP contribution in [-0.2, 0) is 4.74 Å². The van der Waals surface area contributed by atoms with Gasteiger partial charge in [-0.15, -0.1) is 0 Å². The molecule has 1 heteroatoms. The van der Waals surface area contributed by atoms with Gasteiger partial charge in [-0.3, -0.25) is 0 Å². The first kappa shape index (κ1) is 7.19. The molecule has 66 valence electrons. The Morgan fingerprint density at radius 2 is 2.31 bits per heavy atom. The number of hydrogen-bond acceptors (Lipinski definition) is 1. The zero-order valence-corrected chi connectivity index (χ0v) is 7.49. The lowest BCUT2D eigenvalue weighted by atomic mass is 9.92. The Morgan fingerprint density at radius 1 is 1.31 bits per heavy atom. The monoisotopic (exact) mass is 172 g/mol. The first-order chi connectivity index (χ1) is 6.45. The minimum absolute atomic E-state index is 0.317. The Kier molecular flexibility index (Phi) is 1.45. The lowest BCUT2D eigenvalue weighted by Crippen LogP contribution is -2.09. The highest BCUT2D eigenvalue weighted by Crippen LogP contribution is 2.39. The summed E-state index contributed by atoms with van der Waals surface area (Å²) in [6.07, 6.45) is 14.5. The van der Waals surface area contributed by atoms with Gasteiger partial charge in [0.25, 0.3) is 0 Å². The third-order valence-corrected chi connectivity index (χ3v) is 2.85. The summed E-state index contributed by atoms with van der Waals surface area (Å²) >= 11 is 0. The highest BCUT2D eigenvalue weighted by molar-refractivity contribution is 5.49. The molecule has 1 heterocycles. The summed E-state index contributed by atoms with van der Waals surface area (Å²) in [5.41, 5.74) is 2.86. The Hall–Kier alpha value is -1.24. The first-order valence-electron chi connectivity index (χ1n) is 4.88. The van der Waals surface area contributed by atoms with Gasteiger partial charge in [0.1, 0.15) is 11.9 Å². The van der Waals surface area contributed by atoms with E-state index in [0.717, 1.165) is 25.0 Å². The van der Waals surface area contributed by atoms with Gasteiger partial charge < -0.3 is 4.74 Å². The van der Waals surface area contributed by atoms with Crippen molar-refractivity contribution in [3.8, 4) is 0 Å². The number of fused-ring (bicyclic) bond motifs is 2. The molecule has 0 spiro atoms. The molecule has 0 saturated heterocycles. The second-order valence-electron chi connectivity index (χ2n) is 3.68. The molecule has 0 amide bonds. The van der Waals surface area contributed by atoms with E-state index in [4.69, 9.17) is 4.74 Å². The van der Waals surface area contributed by atoms with Crippen molar-refractivity contribution in [2.75, 3.05) is 0 Å². The minimum Gasteiger partial charge on any atom is -0.485 e. The average molecular weight is 172 g/mol. The molecule has 2 aliphatic carbocycles. The van der Waals surface area contributed by atoms with E-state index in [9.17, 15) is 0 Å². The van der Waals surface area contributed by atoms with Crippen LogP contribution in [0.2, 0.25) is 0 Å². The van der Waals surface area contributed by atoms with Crippen LogP contribution in [0.5, 0.6) is 0 Å². The Bertz CT molecular complexity index is 355. The highest BCUT2D eigenvalue weighted by Gasteiger charge is 2.30. The van der Waals surface area contributed by atoms with Gasteiger partial charge >= 0.3 is 0 Å². The van der Waals surface area contributed by atoms with Crippen molar-refractivity contribution in [1.82, 2.24) is 0 Å². The van der Waals surface area contributed by atoms with Crippen LogP contribution in [0.25, 0.3) is 0 Å². The fourth-order valence-corrected chi connectivity index (χ4v) is 2.21. The van der Waals surface area contributed by atoms with Crippen LogP contribution in [0.4, 0.5) is 0 Å². The molecule has 0 aromatic rings. The quantitative estimate of drug-likeness (QED) is 0.546. The molecule has 0 bridgehead atoms. The van der Waals surface area contributed by atoms with E-state index in [1.165, 1.54) is 11.1 Å². The van der Waals surface area contributed by atoms with Crippen molar-refractivity contribution in [3.63, 3.8) is 0 Å². The van der Waals surface area contributed by atoms with E-state index in [-0.39, 0.29) is 0 Å². The Balaban J connectivity index is 2.05. The van der Waals surface area contributed by atoms with E-state index in [0.29, 0.717) is 6.10 Å². The second kappa shape index (κ2) is 2.63. The zero-order chi connectivity index (χ0) is 8.67. The highest BCUT2D eigenvalue weighted by atomic mass is 16.5. The minimum atomic E-state index is 0.317. The number of rotatable bonds is 0. The molecule has 3 aliphatic rings. The molecule has 13 heavy (non-hydrogen) atoms. The van der Waals surface area contributed by atoms with Crippen LogP contribution >= 0.6 is 0 Å². The summed E-state index contributed by atoms with van der Waals surface area (Å²) in [5.74, 6) is 1.12. The van der Waals surface area contributed by atoms with Crippen molar-refractivity contribution in [3.05, 3.63) is 47.3 Å². The van der Waals surface area contributed by atoms with E-state index in [2.05, 4.69) is 30.4 Å². The number of ether oxygens (including phenoxy) is 1. The summed E-state index contributed by atoms with van der Waals surface area (Å²) < 4.78 is 5.84. The van der Waals surface area contributed by atoms with Crippen molar-refractivity contribution >= 4 is 0 Å². The van der Waals surface area contributed by atoms with Crippen LogP contribution < -0.4 is 0 Å².